The van der Waals surface area contributed by atoms with Gasteiger partial charge in [-0.05, 0) is 59.8 Å². The van der Waals surface area contributed by atoms with E-state index in [2.05, 4.69) is 17.6 Å². The van der Waals surface area contributed by atoms with Crippen LogP contribution in [0.25, 0.3) is 0 Å². The van der Waals surface area contributed by atoms with E-state index in [0.29, 0.717) is 30.8 Å². The van der Waals surface area contributed by atoms with Gasteiger partial charge in [-0.1, -0.05) is 31.5 Å². The molecule has 2 aromatic carbocycles. The average molecular weight is 423 g/mol. The van der Waals surface area contributed by atoms with Gasteiger partial charge in [0.25, 0.3) is 5.91 Å². The lowest BCUT2D eigenvalue weighted by Gasteiger charge is -2.09. The van der Waals surface area contributed by atoms with E-state index in [0.717, 1.165) is 29.0 Å². The molecule has 3 aromatic rings. The Bertz CT molecular complexity index is 936. The maximum atomic E-state index is 12.4. The van der Waals surface area contributed by atoms with E-state index in [1.807, 2.05) is 53.9 Å². The molecule has 0 radical (unpaired) electrons. The highest BCUT2D eigenvalue weighted by molar-refractivity contribution is 7.09. The minimum atomic E-state index is -0.184. The van der Waals surface area contributed by atoms with Crippen molar-refractivity contribution in [2.24, 2.45) is 0 Å². The molecule has 0 saturated heterocycles. The van der Waals surface area contributed by atoms with Crippen molar-refractivity contribution in [1.29, 1.82) is 0 Å². The molecule has 0 aliphatic heterocycles. The number of nitrogens with one attached hydrogen (secondary N) is 2. The van der Waals surface area contributed by atoms with Crippen molar-refractivity contribution < 1.29 is 14.3 Å². The van der Waals surface area contributed by atoms with Gasteiger partial charge in [-0.2, -0.15) is 0 Å². The summed E-state index contributed by atoms with van der Waals surface area (Å²) in [6, 6.07) is 18.4. The summed E-state index contributed by atoms with van der Waals surface area (Å²) in [6.45, 7) is 3.35. The maximum absolute atomic E-state index is 12.4. The van der Waals surface area contributed by atoms with Gasteiger partial charge in [0.15, 0.2) is 0 Å². The normalized spacial score (nSPS) is 10.4. The summed E-state index contributed by atoms with van der Waals surface area (Å²) >= 11 is 1.62. The molecule has 2 N–H and O–H groups in total. The Morgan fingerprint density at radius 2 is 1.77 bits per heavy atom. The van der Waals surface area contributed by atoms with Crippen LogP contribution in [0.1, 0.15) is 40.6 Å². The second-order valence-electron chi connectivity index (χ2n) is 6.91. The first kappa shape index (κ1) is 21.6. The number of hydrogen-bond donors (Lipinski definition) is 2. The van der Waals surface area contributed by atoms with Crippen LogP contribution in [-0.2, 0) is 17.8 Å². The molecule has 0 saturated carbocycles. The van der Waals surface area contributed by atoms with E-state index in [1.165, 1.54) is 0 Å². The third kappa shape index (κ3) is 6.74. The highest BCUT2D eigenvalue weighted by atomic mass is 32.1. The molecule has 5 nitrogen and oxygen atoms in total. The van der Waals surface area contributed by atoms with Crippen molar-refractivity contribution >= 4 is 28.8 Å². The molecule has 0 atom stereocenters. The Balaban J connectivity index is 1.47. The van der Waals surface area contributed by atoms with Gasteiger partial charge < -0.3 is 15.4 Å². The average Bonchev–Trinajstić information content (AvgIpc) is 3.28. The Morgan fingerprint density at radius 1 is 1.00 bits per heavy atom. The van der Waals surface area contributed by atoms with Crippen molar-refractivity contribution in [1.82, 2.24) is 5.32 Å². The zero-order valence-electron chi connectivity index (χ0n) is 17.0. The Kier molecular flexibility index (Phi) is 8.03. The summed E-state index contributed by atoms with van der Waals surface area (Å²) in [7, 11) is 0. The molecule has 30 heavy (non-hydrogen) atoms. The summed E-state index contributed by atoms with van der Waals surface area (Å²) in [5, 5.41) is 7.78. The van der Waals surface area contributed by atoms with E-state index in [9.17, 15) is 9.59 Å². The predicted octanol–water partition coefficient (Wildman–Crippen LogP) is 5.04. The number of rotatable bonds is 10. The third-order valence-corrected chi connectivity index (χ3v) is 5.38. The summed E-state index contributed by atoms with van der Waals surface area (Å²) in [5.41, 5.74) is 2.14. The fraction of sp³-hybridized carbons (Fsp3) is 0.250. The molecular formula is C24H26N2O3S. The second kappa shape index (κ2) is 11.2. The summed E-state index contributed by atoms with van der Waals surface area (Å²) in [6.07, 6.45) is 2.40. The highest BCUT2D eigenvalue weighted by Gasteiger charge is 2.08. The standard InChI is InChI=1S/C24H26N2O3S/c1-2-3-14-29-21-12-8-19(9-13-21)24(28)26-20-10-6-18(7-11-20)16-23(27)25-17-22-5-4-15-30-22/h4-13,15H,2-3,14,16-17H2,1H3,(H,25,27)(H,26,28). The second-order valence-corrected chi connectivity index (χ2v) is 7.94. The van der Waals surface area contributed by atoms with Crippen molar-refractivity contribution in [3.8, 4) is 5.75 Å². The first-order valence-electron chi connectivity index (χ1n) is 10.1. The number of amides is 2. The number of benzene rings is 2. The monoisotopic (exact) mass is 422 g/mol. The molecule has 0 aliphatic carbocycles. The number of unbranched alkanes of at least 4 members (excludes halogenated alkanes) is 1. The van der Waals surface area contributed by atoms with Crippen LogP contribution in [0.3, 0.4) is 0 Å². The zero-order chi connectivity index (χ0) is 21.2. The molecule has 0 aliphatic rings. The van der Waals surface area contributed by atoms with Crippen LogP contribution in [-0.4, -0.2) is 18.4 Å². The lowest BCUT2D eigenvalue weighted by atomic mass is 10.1. The SMILES string of the molecule is CCCCOc1ccc(C(=O)Nc2ccc(CC(=O)NCc3cccs3)cc2)cc1. The summed E-state index contributed by atoms with van der Waals surface area (Å²) in [5.74, 6) is 0.555. The quantitative estimate of drug-likeness (QED) is 0.450. The van der Waals surface area contributed by atoms with E-state index < -0.39 is 0 Å². The topological polar surface area (TPSA) is 67.4 Å². The van der Waals surface area contributed by atoms with Crippen LogP contribution >= 0.6 is 11.3 Å². The van der Waals surface area contributed by atoms with Crippen molar-refractivity contribution in [2.75, 3.05) is 11.9 Å². The molecule has 6 heteroatoms. The van der Waals surface area contributed by atoms with E-state index in [-0.39, 0.29) is 11.8 Å². The molecule has 1 aromatic heterocycles. The third-order valence-electron chi connectivity index (χ3n) is 4.50. The number of anilines is 1. The molecule has 0 spiro atoms. The lowest BCUT2D eigenvalue weighted by molar-refractivity contribution is -0.120. The van der Waals surface area contributed by atoms with Gasteiger partial charge in [-0.3, -0.25) is 9.59 Å². The van der Waals surface area contributed by atoms with Gasteiger partial charge in [0.2, 0.25) is 5.91 Å². The van der Waals surface area contributed by atoms with Crippen molar-refractivity contribution in [3.05, 3.63) is 82.0 Å². The first-order chi connectivity index (χ1) is 14.6. The van der Waals surface area contributed by atoms with Crippen LogP contribution in [0.5, 0.6) is 5.75 Å². The van der Waals surface area contributed by atoms with Crippen LogP contribution in [0.15, 0.2) is 66.0 Å². The van der Waals surface area contributed by atoms with Crippen LogP contribution in [0.2, 0.25) is 0 Å². The molecule has 0 fully saturated rings. The molecular weight excluding hydrogens is 396 g/mol. The van der Waals surface area contributed by atoms with Gasteiger partial charge >= 0.3 is 0 Å². The van der Waals surface area contributed by atoms with E-state index in [1.54, 1.807) is 23.5 Å². The van der Waals surface area contributed by atoms with Gasteiger partial charge in [0.05, 0.1) is 19.6 Å². The summed E-state index contributed by atoms with van der Waals surface area (Å²) in [4.78, 5) is 25.6. The van der Waals surface area contributed by atoms with Crippen LogP contribution in [0.4, 0.5) is 5.69 Å². The van der Waals surface area contributed by atoms with Crippen molar-refractivity contribution in [3.63, 3.8) is 0 Å². The van der Waals surface area contributed by atoms with E-state index in [4.69, 9.17) is 4.74 Å². The Morgan fingerprint density at radius 3 is 2.43 bits per heavy atom. The van der Waals surface area contributed by atoms with Crippen molar-refractivity contribution in [2.45, 2.75) is 32.7 Å². The first-order valence-corrected chi connectivity index (χ1v) is 10.9. The van der Waals surface area contributed by atoms with Gasteiger partial charge in [0.1, 0.15) is 5.75 Å². The maximum Gasteiger partial charge on any atom is 0.255 e. The predicted molar refractivity (Wildman–Crippen MR) is 121 cm³/mol. The van der Waals surface area contributed by atoms with Crippen LogP contribution < -0.4 is 15.4 Å². The molecule has 3 rings (SSSR count). The minimum absolute atomic E-state index is 0.0265. The number of hydrogen-bond acceptors (Lipinski definition) is 4. The molecule has 2 amide bonds. The fourth-order valence-electron chi connectivity index (χ4n) is 2.79. The molecule has 0 unspecified atom stereocenters. The molecule has 156 valence electrons. The summed E-state index contributed by atoms with van der Waals surface area (Å²) < 4.78 is 5.62. The fourth-order valence-corrected chi connectivity index (χ4v) is 3.44. The van der Waals surface area contributed by atoms with Gasteiger partial charge in [-0.15, -0.1) is 11.3 Å². The number of carbonyl (C=O) groups excluding carboxylic acids is 2. The number of ether oxygens (including phenoxy) is 1. The van der Waals surface area contributed by atoms with E-state index >= 15 is 0 Å². The highest BCUT2D eigenvalue weighted by Crippen LogP contribution is 2.16. The lowest BCUT2D eigenvalue weighted by Crippen LogP contribution is -2.24. The van der Waals surface area contributed by atoms with Crippen LogP contribution in [0, 0.1) is 0 Å². The Hall–Kier alpha value is -3.12. The largest absolute Gasteiger partial charge is 0.494 e. The number of thiophene rings is 1. The number of carbonyl (C=O) groups is 2. The minimum Gasteiger partial charge on any atom is -0.494 e. The van der Waals surface area contributed by atoms with Gasteiger partial charge in [-0.25, -0.2) is 0 Å². The molecule has 0 bridgehead atoms. The Labute approximate surface area is 181 Å². The zero-order valence-corrected chi connectivity index (χ0v) is 17.8. The molecule has 1 heterocycles. The smallest absolute Gasteiger partial charge is 0.255 e. The van der Waals surface area contributed by atoms with Gasteiger partial charge in [0, 0.05) is 16.1 Å².